The Balaban J connectivity index is 2.95. The summed E-state index contributed by atoms with van der Waals surface area (Å²) in [5, 5.41) is 0. The van der Waals surface area contributed by atoms with Crippen molar-refractivity contribution >= 4 is 5.97 Å². The summed E-state index contributed by atoms with van der Waals surface area (Å²) in [6, 6.07) is 3.15. The molecule has 0 aliphatic heterocycles. The highest BCUT2D eigenvalue weighted by Crippen LogP contribution is 2.27. The highest BCUT2D eigenvalue weighted by atomic mass is 19.4. The van der Waals surface area contributed by atoms with Crippen LogP contribution in [0.5, 0.6) is 5.75 Å². The fourth-order valence-corrected chi connectivity index (χ4v) is 1.12. The van der Waals surface area contributed by atoms with Gasteiger partial charge in [0.25, 0.3) is 0 Å². The van der Waals surface area contributed by atoms with E-state index in [1.807, 2.05) is 0 Å². The van der Waals surface area contributed by atoms with Crippen LogP contribution in [0.1, 0.15) is 5.56 Å². The molecular formula is C10H8F4O3. The van der Waals surface area contributed by atoms with Crippen LogP contribution in [0, 0.1) is 5.82 Å². The van der Waals surface area contributed by atoms with Gasteiger partial charge in [0.15, 0.2) is 11.6 Å². The first-order valence-corrected chi connectivity index (χ1v) is 4.43. The minimum Gasteiger partial charge on any atom is -0.469 e. The Hall–Kier alpha value is -1.79. The zero-order chi connectivity index (χ0) is 13.1. The average Bonchev–Trinajstić information content (AvgIpc) is 2.22. The molecule has 0 aliphatic rings. The van der Waals surface area contributed by atoms with Crippen molar-refractivity contribution in [2.24, 2.45) is 0 Å². The van der Waals surface area contributed by atoms with Crippen molar-refractivity contribution < 1.29 is 31.8 Å². The van der Waals surface area contributed by atoms with Gasteiger partial charge in [-0.3, -0.25) is 4.79 Å². The van der Waals surface area contributed by atoms with Gasteiger partial charge in [-0.25, -0.2) is 4.39 Å². The van der Waals surface area contributed by atoms with E-state index in [-0.39, 0.29) is 5.56 Å². The highest BCUT2D eigenvalue weighted by Gasteiger charge is 2.32. The van der Waals surface area contributed by atoms with Crippen molar-refractivity contribution in [1.82, 2.24) is 0 Å². The van der Waals surface area contributed by atoms with E-state index < -0.39 is 30.3 Å². The molecule has 0 spiro atoms. The van der Waals surface area contributed by atoms with E-state index in [1.54, 1.807) is 0 Å². The van der Waals surface area contributed by atoms with Crippen molar-refractivity contribution in [2.75, 3.05) is 7.11 Å². The van der Waals surface area contributed by atoms with Crippen molar-refractivity contribution in [3.8, 4) is 5.75 Å². The Morgan fingerprint density at radius 1 is 1.35 bits per heavy atom. The lowest BCUT2D eigenvalue weighted by Gasteiger charge is -2.11. The molecule has 3 nitrogen and oxygen atoms in total. The van der Waals surface area contributed by atoms with Gasteiger partial charge in [0.2, 0.25) is 0 Å². The maximum absolute atomic E-state index is 13.5. The highest BCUT2D eigenvalue weighted by molar-refractivity contribution is 5.72. The Bertz CT molecular complexity index is 415. The number of carbonyl (C=O) groups excluding carboxylic acids is 1. The van der Waals surface area contributed by atoms with E-state index in [0.29, 0.717) is 0 Å². The first-order chi connectivity index (χ1) is 7.83. The second-order valence-corrected chi connectivity index (χ2v) is 3.03. The van der Waals surface area contributed by atoms with Gasteiger partial charge in [0, 0.05) is 5.56 Å². The largest absolute Gasteiger partial charge is 0.573 e. The molecule has 0 N–H and O–H groups in total. The minimum absolute atomic E-state index is 0.224. The molecule has 0 atom stereocenters. The third-order valence-electron chi connectivity index (χ3n) is 1.83. The van der Waals surface area contributed by atoms with Gasteiger partial charge < -0.3 is 9.47 Å². The summed E-state index contributed by atoms with van der Waals surface area (Å²) in [7, 11) is 1.09. The fourth-order valence-electron chi connectivity index (χ4n) is 1.12. The van der Waals surface area contributed by atoms with E-state index in [2.05, 4.69) is 9.47 Å². The van der Waals surface area contributed by atoms with Crippen LogP contribution < -0.4 is 4.74 Å². The van der Waals surface area contributed by atoms with Gasteiger partial charge in [-0.15, -0.1) is 13.2 Å². The van der Waals surface area contributed by atoms with Gasteiger partial charge in [0.1, 0.15) is 0 Å². The molecule has 1 aromatic carbocycles. The second-order valence-electron chi connectivity index (χ2n) is 3.03. The molecule has 0 amide bonds. The molecule has 1 aromatic rings. The van der Waals surface area contributed by atoms with Crippen LogP contribution in [0.2, 0.25) is 0 Å². The van der Waals surface area contributed by atoms with Gasteiger partial charge >= 0.3 is 12.3 Å². The summed E-state index contributed by atoms with van der Waals surface area (Å²) in [4.78, 5) is 10.9. The smallest absolute Gasteiger partial charge is 0.469 e. The lowest BCUT2D eigenvalue weighted by atomic mass is 10.1. The Kier molecular flexibility index (Phi) is 3.93. The zero-order valence-corrected chi connectivity index (χ0v) is 8.68. The predicted octanol–water partition coefficient (Wildman–Crippen LogP) is 2.44. The van der Waals surface area contributed by atoms with E-state index in [0.717, 1.165) is 19.2 Å². The van der Waals surface area contributed by atoms with Crippen LogP contribution in [0.3, 0.4) is 0 Å². The molecule has 7 heteroatoms. The fraction of sp³-hybridized carbons (Fsp3) is 0.300. The van der Waals surface area contributed by atoms with E-state index in [4.69, 9.17) is 0 Å². The van der Waals surface area contributed by atoms with Crippen LogP contribution in [-0.2, 0) is 16.0 Å². The average molecular weight is 252 g/mol. The van der Waals surface area contributed by atoms with Crippen LogP contribution in [0.4, 0.5) is 17.6 Å². The topological polar surface area (TPSA) is 35.5 Å². The van der Waals surface area contributed by atoms with Crippen LogP contribution >= 0.6 is 0 Å². The monoisotopic (exact) mass is 252 g/mol. The molecule has 0 heterocycles. The molecule has 0 aromatic heterocycles. The Labute approximate surface area is 93.9 Å². The number of ether oxygens (including phenoxy) is 2. The number of rotatable bonds is 3. The van der Waals surface area contributed by atoms with Crippen molar-refractivity contribution in [2.45, 2.75) is 12.8 Å². The predicted molar refractivity (Wildman–Crippen MR) is 48.8 cm³/mol. The molecule has 1 rings (SSSR count). The molecule has 0 saturated heterocycles. The molecule has 94 valence electrons. The van der Waals surface area contributed by atoms with Gasteiger partial charge in [-0.05, 0) is 6.07 Å². The zero-order valence-electron chi connectivity index (χ0n) is 8.68. The Morgan fingerprint density at radius 2 is 2.00 bits per heavy atom. The third kappa shape index (κ3) is 3.93. The van der Waals surface area contributed by atoms with E-state index in [9.17, 15) is 22.4 Å². The van der Waals surface area contributed by atoms with Crippen LogP contribution in [0.25, 0.3) is 0 Å². The first kappa shape index (κ1) is 13.3. The molecule has 0 bridgehead atoms. The number of esters is 1. The van der Waals surface area contributed by atoms with Gasteiger partial charge in [0.05, 0.1) is 13.5 Å². The summed E-state index contributed by atoms with van der Waals surface area (Å²) >= 11 is 0. The number of benzene rings is 1. The number of alkyl halides is 3. The summed E-state index contributed by atoms with van der Waals surface area (Å²) in [6.45, 7) is 0. The maximum Gasteiger partial charge on any atom is 0.573 e. The molecule has 0 unspecified atom stereocenters. The summed E-state index contributed by atoms with van der Waals surface area (Å²) < 4.78 is 56.9. The standard InChI is InChI=1S/C10H8F4O3/c1-16-8(15)5-6-3-2-4-7(9(6)11)17-10(12,13)14/h2-4H,5H2,1H3. The lowest BCUT2D eigenvalue weighted by molar-refractivity contribution is -0.275. The Morgan fingerprint density at radius 3 is 2.53 bits per heavy atom. The number of halogens is 4. The van der Waals surface area contributed by atoms with E-state index >= 15 is 0 Å². The number of hydrogen-bond acceptors (Lipinski definition) is 3. The summed E-state index contributed by atoms with van der Waals surface area (Å²) in [5.41, 5.74) is -0.224. The van der Waals surface area contributed by atoms with E-state index in [1.165, 1.54) is 6.07 Å². The molecule has 0 aliphatic carbocycles. The quantitative estimate of drug-likeness (QED) is 0.612. The molecule has 0 radical (unpaired) electrons. The lowest BCUT2D eigenvalue weighted by Crippen LogP contribution is -2.18. The maximum atomic E-state index is 13.5. The van der Waals surface area contributed by atoms with Crippen LogP contribution in [0.15, 0.2) is 18.2 Å². The number of carbonyl (C=O) groups is 1. The SMILES string of the molecule is COC(=O)Cc1cccc(OC(F)(F)F)c1F. The normalized spacial score (nSPS) is 11.1. The number of methoxy groups -OCH3 is 1. The summed E-state index contributed by atoms with van der Waals surface area (Å²) in [6.07, 6.45) is -5.44. The van der Waals surface area contributed by atoms with Crippen molar-refractivity contribution in [1.29, 1.82) is 0 Å². The van der Waals surface area contributed by atoms with Crippen LogP contribution in [-0.4, -0.2) is 19.4 Å². The molecule has 17 heavy (non-hydrogen) atoms. The van der Waals surface area contributed by atoms with Gasteiger partial charge in [-0.1, -0.05) is 12.1 Å². The second kappa shape index (κ2) is 5.03. The van der Waals surface area contributed by atoms with Crippen molar-refractivity contribution in [3.05, 3.63) is 29.6 Å². The summed E-state index contributed by atoms with van der Waals surface area (Å²) in [5.74, 6) is -2.96. The molecular weight excluding hydrogens is 244 g/mol. The third-order valence-corrected chi connectivity index (χ3v) is 1.83. The minimum atomic E-state index is -4.98. The first-order valence-electron chi connectivity index (χ1n) is 4.43. The number of hydrogen-bond donors (Lipinski definition) is 0. The van der Waals surface area contributed by atoms with Crippen molar-refractivity contribution in [3.63, 3.8) is 0 Å². The van der Waals surface area contributed by atoms with Gasteiger partial charge in [-0.2, -0.15) is 0 Å². The molecule has 0 saturated carbocycles. The molecule has 0 fully saturated rings.